The fourth-order valence-corrected chi connectivity index (χ4v) is 4.25. The van der Waals surface area contributed by atoms with Crippen molar-refractivity contribution in [3.8, 4) is 0 Å². The van der Waals surface area contributed by atoms with Gasteiger partial charge < -0.3 is 9.64 Å². The van der Waals surface area contributed by atoms with Gasteiger partial charge in [-0.2, -0.15) is 8.42 Å². The van der Waals surface area contributed by atoms with Gasteiger partial charge in [-0.1, -0.05) is 0 Å². The second-order valence-corrected chi connectivity index (χ2v) is 8.10. The summed E-state index contributed by atoms with van der Waals surface area (Å²) in [6.45, 7) is 6.02. The molecule has 1 spiro atoms. The molecule has 5 nitrogen and oxygen atoms in total. The van der Waals surface area contributed by atoms with Gasteiger partial charge in [0.05, 0.1) is 11.9 Å². The third-order valence-electron chi connectivity index (χ3n) is 3.79. The van der Waals surface area contributed by atoms with E-state index in [1.165, 1.54) is 38.2 Å². The molecule has 0 aromatic rings. The van der Waals surface area contributed by atoms with Crippen molar-refractivity contribution < 1.29 is 17.7 Å². The summed E-state index contributed by atoms with van der Waals surface area (Å²) in [5.41, 5.74) is 0.682. The number of thioether (sulfide) groups is 1. The highest BCUT2D eigenvalue weighted by Gasteiger charge is 2.51. The Kier molecular flexibility index (Phi) is 4.28. The van der Waals surface area contributed by atoms with Crippen molar-refractivity contribution in [3.63, 3.8) is 0 Å². The second-order valence-electron chi connectivity index (χ2n) is 5.34. The molecule has 0 saturated carbocycles. The topological polar surface area (TPSA) is 66.8 Å². The van der Waals surface area contributed by atoms with Gasteiger partial charge in [-0.15, -0.1) is 11.8 Å². The van der Waals surface area contributed by atoms with E-state index in [0.717, 1.165) is 5.92 Å². The minimum atomic E-state index is -3.67. The van der Waals surface area contributed by atoms with Crippen LogP contribution in [-0.2, 0) is 14.9 Å². The van der Waals surface area contributed by atoms with Crippen LogP contribution in [0.15, 0.2) is 0 Å². The fourth-order valence-electron chi connectivity index (χ4n) is 3.08. The maximum absolute atomic E-state index is 9.19. The molecular weight excluding hydrogens is 274 g/mol. The average molecular weight is 295 g/mol. The molecule has 7 heteroatoms. The van der Waals surface area contributed by atoms with E-state index in [1.54, 1.807) is 0 Å². The van der Waals surface area contributed by atoms with Crippen molar-refractivity contribution in [2.24, 2.45) is 5.92 Å². The number of fused-ring (bicyclic) bond motifs is 2. The van der Waals surface area contributed by atoms with Gasteiger partial charge in [0.2, 0.25) is 0 Å². The number of nitrogens with zero attached hydrogens (tertiary/aromatic N) is 1. The molecule has 4 aliphatic rings. The summed E-state index contributed by atoms with van der Waals surface area (Å²) in [5.74, 6) is 2.09. The highest BCUT2D eigenvalue weighted by Crippen LogP contribution is 2.46. The lowest BCUT2D eigenvalue weighted by atomic mass is 9.76. The third kappa shape index (κ3) is 3.60. The Morgan fingerprint density at radius 2 is 1.94 bits per heavy atom. The Morgan fingerprint density at radius 1 is 1.39 bits per heavy atom. The molecule has 0 aliphatic carbocycles. The predicted octanol–water partition coefficient (Wildman–Crippen LogP) is 1.06. The molecule has 0 amide bonds. The quantitative estimate of drug-likeness (QED) is 0.674. The lowest BCUT2D eigenvalue weighted by Crippen LogP contribution is -2.60. The molecule has 0 unspecified atom stereocenters. The molecule has 4 saturated heterocycles. The van der Waals surface area contributed by atoms with Crippen molar-refractivity contribution in [2.75, 3.05) is 31.6 Å². The first kappa shape index (κ1) is 14.6. The van der Waals surface area contributed by atoms with E-state index in [2.05, 4.69) is 11.8 Å². The van der Waals surface area contributed by atoms with Gasteiger partial charge in [0.15, 0.2) is 0 Å². The molecule has 4 aliphatic heterocycles. The first-order chi connectivity index (χ1) is 8.28. The Morgan fingerprint density at radius 3 is 2.28 bits per heavy atom. The summed E-state index contributed by atoms with van der Waals surface area (Å²) in [7, 11) is -3.67. The van der Waals surface area contributed by atoms with Crippen molar-refractivity contribution in [1.29, 1.82) is 0 Å². The van der Waals surface area contributed by atoms with E-state index in [9.17, 15) is 8.42 Å². The fraction of sp³-hybridized carbons (Fsp3) is 1.00. The lowest BCUT2D eigenvalue weighted by molar-refractivity contribution is -0.133. The van der Waals surface area contributed by atoms with Crippen molar-refractivity contribution in [2.45, 2.75) is 30.8 Å². The lowest BCUT2D eigenvalue weighted by Gasteiger charge is -2.50. The van der Waals surface area contributed by atoms with Gasteiger partial charge in [0.1, 0.15) is 5.44 Å². The second kappa shape index (κ2) is 5.28. The van der Waals surface area contributed by atoms with Crippen molar-refractivity contribution in [3.05, 3.63) is 0 Å². The van der Waals surface area contributed by atoms with Gasteiger partial charge in [0.25, 0.3) is 10.1 Å². The maximum Gasteiger partial charge on any atom is 0.261 e. The summed E-state index contributed by atoms with van der Waals surface area (Å²) in [6.07, 6.45) is 3.45. The van der Waals surface area contributed by atoms with Crippen molar-refractivity contribution in [1.82, 2.24) is 4.90 Å². The number of hydrogen-bond donors (Lipinski definition) is 1. The molecule has 2 bridgehead atoms. The van der Waals surface area contributed by atoms with Crippen LogP contribution in [0.5, 0.6) is 0 Å². The van der Waals surface area contributed by atoms with Crippen LogP contribution in [0.25, 0.3) is 0 Å². The highest BCUT2D eigenvalue weighted by atomic mass is 32.2. The van der Waals surface area contributed by atoms with E-state index in [-0.39, 0.29) is 5.60 Å². The van der Waals surface area contributed by atoms with Gasteiger partial charge in [-0.3, -0.25) is 4.55 Å². The Labute approximate surface area is 113 Å². The Hall–Kier alpha value is 0.180. The van der Waals surface area contributed by atoms with E-state index in [1.807, 2.05) is 11.8 Å². The monoisotopic (exact) mass is 295 g/mol. The Bertz CT molecular complexity index is 384. The zero-order valence-electron chi connectivity index (χ0n) is 10.8. The van der Waals surface area contributed by atoms with E-state index in [0.29, 0.717) is 11.7 Å². The first-order valence-corrected chi connectivity index (χ1v) is 9.12. The van der Waals surface area contributed by atoms with Gasteiger partial charge in [-0.25, -0.2) is 0 Å². The summed E-state index contributed by atoms with van der Waals surface area (Å²) in [6, 6.07) is 0. The standard InChI is InChI=1S/C10H17NOS.CH4O3S/c1-8-12-10(7-13-8)6-11-4-2-9(10)3-5-11;1-5(2,3)4/h8-9H,2-7H2,1H3;1H3,(H,2,3,4)/t8-,10-;/m1./s1. The molecule has 0 aromatic heterocycles. The molecule has 4 heterocycles. The predicted molar refractivity (Wildman–Crippen MR) is 72.4 cm³/mol. The SMILES string of the molecule is CS(=O)(=O)O.C[C@@H]1O[C@@]2(CS1)CN1CCC2CC1. The smallest absolute Gasteiger partial charge is 0.261 e. The van der Waals surface area contributed by atoms with Gasteiger partial charge in [0, 0.05) is 12.3 Å². The number of rotatable bonds is 0. The van der Waals surface area contributed by atoms with Crippen LogP contribution < -0.4 is 0 Å². The van der Waals surface area contributed by atoms with Gasteiger partial charge in [-0.05, 0) is 38.8 Å². The number of hydrogen-bond acceptors (Lipinski definition) is 5. The van der Waals surface area contributed by atoms with E-state index in [4.69, 9.17) is 9.29 Å². The van der Waals surface area contributed by atoms with E-state index >= 15 is 0 Å². The van der Waals surface area contributed by atoms with Crippen LogP contribution in [0.1, 0.15) is 19.8 Å². The summed E-state index contributed by atoms with van der Waals surface area (Å²) < 4.78 is 32.0. The van der Waals surface area contributed by atoms with Crippen molar-refractivity contribution >= 4 is 21.9 Å². The van der Waals surface area contributed by atoms with Gasteiger partial charge >= 0.3 is 0 Å². The molecule has 0 radical (unpaired) electrons. The largest absolute Gasteiger partial charge is 0.359 e. The molecule has 2 atom stereocenters. The van der Waals surface area contributed by atoms with E-state index < -0.39 is 10.1 Å². The van der Waals surface area contributed by atoms with Crippen LogP contribution in [0.2, 0.25) is 0 Å². The maximum atomic E-state index is 9.19. The molecule has 1 N–H and O–H groups in total. The zero-order chi connectivity index (χ0) is 13.4. The zero-order valence-corrected chi connectivity index (χ0v) is 12.5. The summed E-state index contributed by atoms with van der Waals surface area (Å²) in [4.78, 5) is 2.58. The molecule has 106 valence electrons. The minimum Gasteiger partial charge on any atom is -0.359 e. The molecule has 4 fully saturated rings. The molecule has 0 aromatic carbocycles. The highest BCUT2D eigenvalue weighted by molar-refractivity contribution is 8.00. The minimum absolute atomic E-state index is 0.251. The Balaban J connectivity index is 0.000000209. The van der Waals surface area contributed by atoms with Crippen LogP contribution in [0.3, 0.4) is 0 Å². The first-order valence-electron chi connectivity index (χ1n) is 6.23. The number of piperidine rings is 3. The average Bonchev–Trinajstić information content (AvgIpc) is 2.59. The number of ether oxygens (including phenoxy) is 1. The van der Waals surface area contributed by atoms with Crippen LogP contribution in [-0.4, -0.2) is 60.6 Å². The van der Waals surface area contributed by atoms with Crippen LogP contribution >= 0.6 is 11.8 Å². The summed E-state index contributed by atoms with van der Waals surface area (Å²) >= 11 is 1.99. The molecular formula is C11H21NO4S2. The normalized spacial score (nSPS) is 42.7. The van der Waals surface area contributed by atoms with Crippen LogP contribution in [0, 0.1) is 5.92 Å². The summed E-state index contributed by atoms with van der Waals surface area (Å²) in [5, 5.41) is 0. The third-order valence-corrected chi connectivity index (χ3v) is 5.01. The molecule has 18 heavy (non-hydrogen) atoms. The molecule has 4 rings (SSSR count). The van der Waals surface area contributed by atoms with Crippen LogP contribution in [0.4, 0.5) is 0 Å².